The summed E-state index contributed by atoms with van der Waals surface area (Å²) in [7, 11) is 0. The van der Waals surface area contributed by atoms with E-state index in [1.165, 1.54) is 0 Å². The monoisotopic (exact) mass is 356 g/mol. The number of anilines is 1. The van der Waals surface area contributed by atoms with Gasteiger partial charge in [-0.1, -0.05) is 6.07 Å². The minimum Gasteiger partial charge on any atom is -0.453 e. The van der Waals surface area contributed by atoms with Crippen molar-refractivity contribution in [2.45, 2.75) is 6.92 Å². The van der Waals surface area contributed by atoms with E-state index in [0.29, 0.717) is 17.2 Å². The SMILES string of the molecule is Cc1ccc(Oc2c(N)cncc2Br)c(Br)c1. The molecule has 0 atom stereocenters. The first-order valence-electron chi connectivity index (χ1n) is 4.91. The maximum Gasteiger partial charge on any atom is 0.167 e. The summed E-state index contributed by atoms with van der Waals surface area (Å²) in [4.78, 5) is 3.96. The molecule has 0 saturated carbocycles. The summed E-state index contributed by atoms with van der Waals surface area (Å²) < 4.78 is 7.38. The molecule has 3 nitrogen and oxygen atoms in total. The van der Waals surface area contributed by atoms with Gasteiger partial charge in [-0.3, -0.25) is 4.98 Å². The molecule has 1 aromatic heterocycles. The Morgan fingerprint density at radius 2 is 1.94 bits per heavy atom. The van der Waals surface area contributed by atoms with Crippen molar-refractivity contribution in [1.29, 1.82) is 0 Å². The number of pyridine rings is 1. The molecule has 2 N–H and O–H groups in total. The highest BCUT2D eigenvalue weighted by Crippen LogP contribution is 2.37. The van der Waals surface area contributed by atoms with Crippen LogP contribution in [0.5, 0.6) is 11.5 Å². The van der Waals surface area contributed by atoms with Crippen molar-refractivity contribution in [3.05, 3.63) is 45.1 Å². The Kier molecular flexibility index (Phi) is 3.69. The maximum absolute atomic E-state index is 5.82. The summed E-state index contributed by atoms with van der Waals surface area (Å²) in [5.41, 5.74) is 7.47. The normalized spacial score (nSPS) is 10.3. The molecule has 2 rings (SSSR count). The number of hydrogen-bond donors (Lipinski definition) is 1. The number of halogens is 2. The van der Waals surface area contributed by atoms with Gasteiger partial charge >= 0.3 is 0 Å². The number of rotatable bonds is 2. The zero-order valence-corrected chi connectivity index (χ0v) is 12.2. The van der Waals surface area contributed by atoms with Crippen LogP contribution in [0.3, 0.4) is 0 Å². The number of nitrogens with zero attached hydrogens (tertiary/aromatic N) is 1. The second-order valence-corrected chi connectivity index (χ2v) is 5.28. The van der Waals surface area contributed by atoms with E-state index in [1.807, 2.05) is 25.1 Å². The first kappa shape index (κ1) is 12.4. The third-order valence-corrected chi connectivity index (χ3v) is 3.36. The molecule has 1 heterocycles. The van der Waals surface area contributed by atoms with Crippen LogP contribution in [0.4, 0.5) is 5.69 Å². The van der Waals surface area contributed by atoms with Crippen LogP contribution in [-0.2, 0) is 0 Å². The summed E-state index contributed by atoms with van der Waals surface area (Å²) in [6.45, 7) is 2.02. The zero-order valence-electron chi connectivity index (χ0n) is 9.08. The molecule has 0 fully saturated rings. The average molecular weight is 358 g/mol. The van der Waals surface area contributed by atoms with E-state index in [2.05, 4.69) is 36.8 Å². The minimum atomic E-state index is 0.492. The van der Waals surface area contributed by atoms with Crippen LogP contribution in [0.2, 0.25) is 0 Å². The summed E-state index contributed by atoms with van der Waals surface area (Å²) >= 11 is 6.82. The maximum atomic E-state index is 5.82. The van der Waals surface area contributed by atoms with E-state index in [0.717, 1.165) is 14.5 Å². The fourth-order valence-corrected chi connectivity index (χ4v) is 2.35. The fraction of sp³-hybridized carbons (Fsp3) is 0.0833. The Morgan fingerprint density at radius 3 is 2.59 bits per heavy atom. The number of nitrogen functional groups attached to an aromatic ring is 1. The molecular formula is C12H10Br2N2O. The third-order valence-electron chi connectivity index (χ3n) is 2.18. The van der Waals surface area contributed by atoms with Crippen molar-refractivity contribution in [2.75, 3.05) is 5.73 Å². The van der Waals surface area contributed by atoms with Crippen LogP contribution in [0.25, 0.3) is 0 Å². The molecule has 0 unspecified atom stereocenters. The smallest absolute Gasteiger partial charge is 0.167 e. The number of nitrogens with two attached hydrogens (primary N) is 1. The van der Waals surface area contributed by atoms with Crippen molar-refractivity contribution in [2.24, 2.45) is 0 Å². The summed E-state index contributed by atoms with van der Waals surface area (Å²) in [6.07, 6.45) is 3.20. The van der Waals surface area contributed by atoms with Gasteiger partial charge in [0.2, 0.25) is 0 Å². The molecule has 17 heavy (non-hydrogen) atoms. The standard InChI is InChI=1S/C12H10Br2N2O/c1-7-2-3-11(8(13)4-7)17-12-9(14)5-16-6-10(12)15/h2-6H,15H2,1H3. The number of aryl methyl sites for hydroxylation is 1. The van der Waals surface area contributed by atoms with Gasteiger partial charge in [0.25, 0.3) is 0 Å². The van der Waals surface area contributed by atoms with Crippen molar-refractivity contribution >= 4 is 37.5 Å². The highest BCUT2D eigenvalue weighted by Gasteiger charge is 2.09. The Hall–Kier alpha value is -1.07. The van der Waals surface area contributed by atoms with E-state index >= 15 is 0 Å². The van der Waals surface area contributed by atoms with Gasteiger partial charge in [0.05, 0.1) is 20.8 Å². The second kappa shape index (κ2) is 5.06. The highest BCUT2D eigenvalue weighted by atomic mass is 79.9. The topological polar surface area (TPSA) is 48.1 Å². The number of benzene rings is 1. The molecule has 88 valence electrons. The van der Waals surface area contributed by atoms with Gasteiger partial charge in [-0.2, -0.15) is 0 Å². The van der Waals surface area contributed by atoms with Crippen molar-refractivity contribution in [3.8, 4) is 11.5 Å². The predicted octanol–water partition coefficient (Wildman–Crippen LogP) is 4.29. The molecule has 0 aliphatic rings. The van der Waals surface area contributed by atoms with E-state index < -0.39 is 0 Å². The quantitative estimate of drug-likeness (QED) is 0.872. The molecule has 1 aromatic carbocycles. The zero-order chi connectivity index (χ0) is 12.4. The molecule has 0 radical (unpaired) electrons. The highest BCUT2D eigenvalue weighted by molar-refractivity contribution is 9.11. The van der Waals surface area contributed by atoms with E-state index in [1.54, 1.807) is 12.4 Å². The molecule has 2 aromatic rings. The van der Waals surface area contributed by atoms with E-state index in [-0.39, 0.29) is 0 Å². The van der Waals surface area contributed by atoms with Gasteiger partial charge in [0.1, 0.15) is 5.75 Å². The van der Waals surface area contributed by atoms with Crippen molar-refractivity contribution in [1.82, 2.24) is 4.98 Å². The summed E-state index contributed by atoms with van der Waals surface area (Å²) in [6, 6.07) is 5.86. The summed E-state index contributed by atoms with van der Waals surface area (Å²) in [5, 5.41) is 0. The number of ether oxygens (including phenoxy) is 1. The lowest BCUT2D eigenvalue weighted by molar-refractivity contribution is 0.478. The van der Waals surface area contributed by atoms with Crippen LogP contribution in [0.15, 0.2) is 39.5 Å². The minimum absolute atomic E-state index is 0.492. The van der Waals surface area contributed by atoms with Gasteiger partial charge < -0.3 is 10.5 Å². The Labute approximate surface area is 116 Å². The first-order valence-corrected chi connectivity index (χ1v) is 6.49. The largest absolute Gasteiger partial charge is 0.453 e. The van der Waals surface area contributed by atoms with Crippen molar-refractivity contribution in [3.63, 3.8) is 0 Å². The van der Waals surface area contributed by atoms with Gasteiger partial charge in [0.15, 0.2) is 5.75 Å². The molecule has 0 spiro atoms. The van der Waals surface area contributed by atoms with Gasteiger partial charge in [0, 0.05) is 6.20 Å². The average Bonchev–Trinajstić information content (AvgIpc) is 2.26. The van der Waals surface area contributed by atoms with Crippen LogP contribution in [0, 0.1) is 6.92 Å². The Balaban J connectivity index is 2.38. The Bertz CT molecular complexity index is 538. The molecule has 0 bridgehead atoms. The molecule has 0 saturated heterocycles. The van der Waals surface area contributed by atoms with Gasteiger partial charge in [-0.15, -0.1) is 0 Å². The first-order chi connectivity index (χ1) is 8.08. The lowest BCUT2D eigenvalue weighted by Gasteiger charge is -2.11. The molecule has 0 aliphatic heterocycles. The lowest BCUT2D eigenvalue weighted by atomic mass is 10.2. The third kappa shape index (κ3) is 2.79. The van der Waals surface area contributed by atoms with Crippen LogP contribution in [-0.4, -0.2) is 4.98 Å². The second-order valence-electron chi connectivity index (χ2n) is 3.58. The lowest BCUT2D eigenvalue weighted by Crippen LogP contribution is -1.94. The number of hydrogen-bond acceptors (Lipinski definition) is 3. The van der Waals surface area contributed by atoms with Crippen LogP contribution >= 0.6 is 31.9 Å². The van der Waals surface area contributed by atoms with E-state index in [9.17, 15) is 0 Å². The van der Waals surface area contributed by atoms with Crippen LogP contribution in [0.1, 0.15) is 5.56 Å². The van der Waals surface area contributed by atoms with Crippen molar-refractivity contribution < 1.29 is 4.74 Å². The summed E-state index contributed by atoms with van der Waals surface area (Å²) in [5.74, 6) is 1.29. The van der Waals surface area contributed by atoms with Gasteiger partial charge in [-0.05, 0) is 56.5 Å². The molecule has 0 amide bonds. The molecular weight excluding hydrogens is 348 g/mol. The molecule has 0 aliphatic carbocycles. The predicted molar refractivity (Wildman–Crippen MR) is 75.3 cm³/mol. The van der Waals surface area contributed by atoms with Gasteiger partial charge in [-0.25, -0.2) is 0 Å². The fourth-order valence-electron chi connectivity index (χ4n) is 1.34. The van der Waals surface area contributed by atoms with Crippen LogP contribution < -0.4 is 10.5 Å². The van der Waals surface area contributed by atoms with E-state index in [4.69, 9.17) is 10.5 Å². The molecule has 5 heteroatoms. The number of aromatic nitrogens is 1. The Morgan fingerprint density at radius 1 is 1.18 bits per heavy atom.